The van der Waals surface area contributed by atoms with Crippen LogP contribution in [-0.4, -0.2) is 41.3 Å². The number of aromatic amines is 1. The molecule has 0 spiro atoms. The number of benzene rings is 1. The monoisotopic (exact) mass is 393 g/mol. The molecule has 8 nitrogen and oxygen atoms in total. The molecule has 3 aromatic rings. The second-order valence-corrected chi connectivity index (χ2v) is 7.16. The van der Waals surface area contributed by atoms with Gasteiger partial charge < -0.3 is 20.0 Å². The largest absolute Gasteiger partial charge is 0.461 e. The second kappa shape index (κ2) is 8.81. The number of hydrogen-bond donors (Lipinski definition) is 3. The van der Waals surface area contributed by atoms with Crippen LogP contribution in [0.1, 0.15) is 37.2 Å². The Hall–Kier alpha value is -3.29. The molecule has 0 amide bonds. The number of H-pyrrole nitrogens is 1. The summed E-state index contributed by atoms with van der Waals surface area (Å²) in [5.41, 5.74) is 2.53. The first-order valence-electron chi connectivity index (χ1n) is 10.00. The number of anilines is 1. The predicted molar refractivity (Wildman–Crippen MR) is 114 cm³/mol. The normalized spacial score (nSPS) is 15.5. The molecule has 0 radical (unpaired) electrons. The van der Waals surface area contributed by atoms with Crippen molar-refractivity contribution in [2.75, 3.05) is 25.0 Å². The van der Waals surface area contributed by atoms with Crippen LogP contribution in [0.2, 0.25) is 0 Å². The van der Waals surface area contributed by atoms with Crippen molar-refractivity contribution < 1.29 is 4.42 Å². The average molecular weight is 393 g/mol. The molecule has 0 aliphatic carbocycles. The third-order valence-corrected chi connectivity index (χ3v) is 5.11. The second-order valence-electron chi connectivity index (χ2n) is 7.16. The fourth-order valence-electron chi connectivity index (χ4n) is 3.51. The lowest BCUT2D eigenvalue weighted by atomic mass is 10.1. The van der Waals surface area contributed by atoms with Crippen LogP contribution in [0.5, 0.6) is 0 Å². The molecule has 152 valence electrons. The summed E-state index contributed by atoms with van der Waals surface area (Å²) in [4.78, 5) is 11.2. The lowest BCUT2D eigenvalue weighted by molar-refractivity contribution is 0.577. The number of aromatic nitrogens is 3. The van der Waals surface area contributed by atoms with Crippen LogP contribution in [0.15, 0.2) is 52.1 Å². The van der Waals surface area contributed by atoms with E-state index < -0.39 is 0 Å². The Bertz CT molecular complexity index is 942. The van der Waals surface area contributed by atoms with Gasteiger partial charge in [0, 0.05) is 25.8 Å². The fourth-order valence-corrected chi connectivity index (χ4v) is 3.51. The molecule has 3 heterocycles. The Morgan fingerprint density at radius 1 is 1.28 bits per heavy atom. The molecule has 0 bridgehead atoms. The van der Waals surface area contributed by atoms with E-state index in [1.54, 1.807) is 13.3 Å². The maximum atomic E-state index is 5.32. The van der Waals surface area contributed by atoms with Crippen LogP contribution in [-0.2, 0) is 6.54 Å². The summed E-state index contributed by atoms with van der Waals surface area (Å²) >= 11 is 0. The van der Waals surface area contributed by atoms with Gasteiger partial charge in [-0.05, 0) is 49.6 Å². The number of hydrogen-bond acceptors (Lipinski definition) is 5. The zero-order valence-electron chi connectivity index (χ0n) is 16.9. The minimum Gasteiger partial charge on any atom is -0.461 e. The molecular formula is C21H27N7O. The molecule has 8 heteroatoms. The van der Waals surface area contributed by atoms with Crippen molar-refractivity contribution in [3.05, 3.63) is 54.0 Å². The standard InChI is InChI=1S/C21H27N7O/c1-15(16-7-5-8-17(13-16)28-10-3-4-11-28)24-21(22-2)23-14-19-25-20(27-26-19)18-9-6-12-29-18/h5-9,12-13,15H,3-4,10-11,14H2,1-2H3,(H2,22,23,24)(H,25,26,27). The van der Waals surface area contributed by atoms with Crippen LogP contribution in [0.25, 0.3) is 11.6 Å². The Morgan fingerprint density at radius 3 is 2.90 bits per heavy atom. The highest BCUT2D eigenvalue weighted by molar-refractivity contribution is 5.80. The molecule has 1 aliphatic rings. The van der Waals surface area contributed by atoms with Crippen molar-refractivity contribution in [2.24, 2.45) is 4.99 Å². The maximum absolute atomic E-state index is 5.32. The highest BCUT2D eigenvalue weighted by Gasteiger charge is 2.15. The molecular weight excluding hydrogens is 366 g/mol. The van der Waals surface area contributed by atoms with Gasteiger partial charge in [0.1, 0.15) is 5.82 Å². The summed E-state index contributed by atoms with van der Waals surface area (Å²) in [7, 11) is 1.76. The van der Waals surface area contributed by atoms with Gasteiger partial charge in [-0.15, -0.1) is 5.10 Å². The molecule has 29 heavy (non-hydrogen) atoms. The number of nitrogens with one attached hydrogen (secondary N) is 3. The van der Waals surface area contributed by atoms with Gasteiger partial charge in [-0.3, -0.25) is 10.1 Å². The van der Waals surface area contributed by atoms with Gasteiger partial charge in [-0.1, -0.05) is 12.1 Å². The van der Waals surface area contributed by atoms with Crippen molar-refractivity contribution >= 4 is 11.6 Å². The summed E-state index contributed by atoms with van der Waals surface area (Å²) in [5, 5.41) is 13.8. The van der Waals surface area contributed by atoms with E-state index in [2.05, 4.69) is 66.9 Å². The van der Waals surface area contributed by atoms with E-state index in [-0.39, 0.29) is 6.04 Å². The summed E-state index contributed by atoms with van der Waals surface area (Å²) in [6.45, 7) is 4.91. The highest BCUT2D eigenvalue weighted by Crippen LogP contribution is 2.24. The number of aliphatic imine (C=N–C) groups is 1. The van der Waals surface area contributed by atoms with E-state index in [9.17, 15) is 0 Å². The topological polar surface area (TPSA) is 94.4 Å². The first-order valence-corrected chi connectivity index (χ1v) is 10.00. The Kier molecular flexibility index (Phi) is 5.79. The van der Waals surface area contributed by atoms with Crippen LogP contribution in [0.4, 0.5) is 5.69 Å². The number of guanidine groups is 1. The SMILES string of the molecule is CN=C(NCc1nc(-c2ccco2)n[nH]1)NC(C)c1cccc(N2CCCC2)c1. The van der Waals surface area contributed by atoms with Crippen molar-refractivity contribution in [1.29, 1.82) is 0 Å². The summed E-state index contributed by atoms with van der Waals surface area (Å²) in [5.74, 6) is 2.60. The molecule has 1 atom stereocenters. The summed E-state index contributed by atoms with van der Waals surface area (Å²) in [6.07, 6.45) is 4.16. The van der Waals surface area contributed by atoms with Crippen LogP contribution in [0.3, 0.4) is 0 Å². The quantitative estimate of drug-likeness (QED) is 0.440. The van der Waals surface area contributed by atoms with Gasteiger partial charge >= 0.3 is 0 Å². The van der Waals surface area contributed by atoms with Crippen molar-refractivity contribution in [3.8, 4) is 11.6 Å². The third kappa shape index (κ3) is 4.59. The van der Waals surface area contributed by atoms with E-state index in [4.69, 9.17) is 4.42 Å². The van der Waals surface area contributed by atoms with Gasteiger partial charge in [-0.25, -0.2) is 4.98 Å². The molecule has 1 unspecified atom stereocenters. The molecule has 2 aromatic heterocycles. The molecule has 1 aliphatic heterocycles. The van der Waals surface area contributed by atoms with E-state index in [1.165, 1.54) is 24.1 Å². The first kappa shape index (κ1) is 19.0. The molecule has 1 saturated heterocycles. The summed E-state index contributed by atoms with van der Waals surface area (Å²) < 4.78 is 5.32. The summed E-state index contributed by atoms with van der Waals surface area (Å²) in [6, 6.07) is 12.5. The maximum Gasteiger partial charge on any atom is 0.216 e. The predicted octanol–water partition coefficient (Wildman–Crippen LogP) is 3.09. The zero-order valence-corrected chi connectivity index (χ0v) is 16.9. The minimum atomic E-state index is 0.122. The lowest BCUT2D eigenvalue weighted by Crippen LogP contribution is -2.38. The molecule has 1 fully saturated rings. The van der Waals surface area contributed by atoms with E-state index in [0.29, 0.717) is 29.9 Å². The number of nitrogens with zero attached hydrogens (tertiary/aromatic N) is 4. The van der Waals surface area contributed by atoms with Crippen molar-refractivity contribution in [1.82, 2.24) is 25.8 Å². The Labute approximate surface area is 170 Å². The number of furan rings is 1. The van der Waals surface area contributed by atoms with Gasteiger partial charge in [0.25, 0.3) is 0 Å². The smallest absolute Gasteiger partial charge is 0.216 e. The Balaban J connectivity index is 1.35. The first-order chi connectivity index (χ1) is 14.2. The van der Waals surface area contributed by atoms with Crippen LogP contribution in [0, 0.1) is 0 Å². The third-order valence-electron chi connectivity index (χ3n) is 5.11. The van der Waals surface area contributed by atoms with E-state index in [1.807, 2.05) is 12.1 Å². The van der Waals surface area contributed by atoms with E-state index in [0.717, 1.165) is 13.1 Å². The Morgan fingerprint density at radius 2 is 2.14 bits per heavy atom. The molecule has 1 aromatic carbocycles. The van der Waals surface area contributed by atoms with Crippen LogP contribution >= 0.6 is 0 Å². The highest BCUT2D eigenvalue weighted by atomic mass is 16.3. The van der Waals surface area contributed by atoms with Crippen molar-refractivity contribution in [3.63, 3.8) is 0 Å². The average Bonchev–Trinajstić information content (AvgIpc) is 3.52. The molecule has 0 saturated carbocycles. The van der Waals surface area contributed by atoms with Gasteiger partial charge in [0.15, 0.2) is 11.7 Å². The minimum absolute atomic E-state index is 0.122. The van der Waals surface area contributed by atoms with Crippen LogP contribution < -0.4 is 15.5 Å². The van der Waals surface area contributed by atoms with Gasteiger partial charge in [-0.2, -0.15) is 0 Å². The lowest BCUT2D eigenvalue weighted by Gasteiger charge is -2.22. The van der Waals surface area contributed by atoms with Gasteiger partial charge in [0.05, 0.1) is 18.8 Å². The fraction of sp³-hybridized carbons (Fsp3) is 0.381. The van der Waals surface area contributed by atoms with E-state index >= 15 is 0 Å². The number of rotatable bonds is 6. The van der Waals surface area contributed by atoms with Crippen molar-refractivity contribution in [2.45, 2.75) is 32.4 Å². The zero-order chi connectivity index (χ0) is 20.1. The molecule has 4 rings (SSSR count). The molecule has 3 N–H and O–H groups in total. The van der Waals surface area contributed by atoms with Gasteiger partial charge in [0.2, 0.25) is 5.82 Å².